The predicted octanol–water partition coefficient (Wildman–Crippen LogP) is 3.08. The van der Waals surface area contributed by atoms with Crippen LogP contribution in [0.2, 0.25) is 0 Å². The fourth-order valence-corrected chi connectivity index (χ4v) is 3.82. The quantitative estimate of drug-likeness (QED) is 0.770. The van der Waals surface area contributed by atoms with Crippen molar-refractivity contribution in [2.45, 2.75) is 12.6 Å². The van der Waals surface area contributed by atoms with Crippen LogP contribution < -0.4 is 9.64 Å². The molecule has 26 heavy (non-hydrogen) atoms. The highest BCUT2D eigenvalue weighted by molar-refractivity contribution is 9.10. The van der Waals surface area contributed by atoms with Crippen LogP contribution >= 0.6 is 15.9 Å². The Morgan fingerprint density at radius 1 is 1.08 bits per heavy atom. The van der Waals surface area contributed by atoms with Crippen molar-refractivity contribution in [1.29, 1.82) is 0 Å². The molecule has 2 aromatic rings. The number of carbonyl (C=O) groups is 1. The van der Waals surface area contributed by atoms with Crippen LogP contribution in [0.1, 0.15) is 5.56 Å². The van der Waals surface area contributed by atoms with Gasteiger partial charge in [-0.1, -0.05) is 46.3 Å². The van der Waals surface area contributed by atoms with Crippen molar-refractivity contribution >= 4 is 27.5 Å². The average molecular weight is 417 g/mol. The normalized spacial score (nSPS) is 19.7. The average Bonchev–Trinajstić information content (AvgIpc) is 2.69. The van der Waals surface area contributed by atoms with Gasteiger partial charge in [-0.25, -0.2) is 0 Å². The molecule has 2 aliphatic heterocycles. The SMILES string of the molecule is O=C(C1CN(Cc2ccccc2Br)c2ccccc2O1)N1CCOCC1. The number of ether oxygens (including phenoxy) is 2. The summed E-state index contributed by atoms with van der Waals surface area (Å²) < 4.78 is 12.5. The lowest BCUT2D eigenvalue weighted by molar-refractivity contribution is -0.142. The molecule has 2 heterocycles. The zero-order chi connectivity index (χ0) is 17.9. The molecular formula is C20H21BrN2O3. The van der Waals surface area contributed by atoms with Crippen molar-refractivity contribution in [3.8, 4) is 5.75 Å². The number of nitrogens with zero attached hydrogens (tertiary/aromatic N) is 2. The van der Waals surface area contributed by atoms with Crippen molar-refractivity contribution < 1.29 is 14.3 Å². The van der Waals surface area contributed by atoms with E-state index in [-0.39, 0.29) is 5.91 Å². The number of halogens is 1. The van der Waals surface area contributed by atoms with Gasteiger partial charge in [-0.2, -0.15) is 0 Å². The van der Waals surface area contributed by atoms with E-state index in [0.29, 0.717) is 39.4 Å². The fraction of sp³-hybridized carbons (Fsp3) is 0.350. The van der Waals surface area contributed by atoms with Crippen LogP contribution in [0.4, 0.5) is 5.69 Å². The van der Waals surface area contributed by atoms with E-state index in [1.165, 1.54) is 5.56 Å². The number of carbonyl (C=O) groups excluding carboxylic acids is 1. The molecule has 0 aromatic heterocycles. The Balaban J connectivity index is 1.58. The lowest BCUT2D eigenvalue weighted by Crippen LogP contribution is -2.52. The Morgan fingerprint density at radius 2 is 1.81 bits per heavy atom. The van der Waals surface area contributed by atoms with Crippen molar-refractivity contribution in [1.82, 2.24) is 4.90 Å². The first-order valence-electron chi connectivity index (χ1n) is 8.83. The van der Waals surface area contributed by atoms with Gasteiger partial charge in [0.2, 0.25) is 0 Å². The summed E-state index contributed by atoms with van der Waals surface area (Å²) in [6.45, 7) is 3.70. The van der Waals surface area contributed by atoms with E-state index in [0.717, 1.165) is 15.9 Å². The van der Waals surface area contributed by atoms with Gasteiger partial charge in [-0.15, -0.1) is 0 Å². The number of rotatable bonds is 3. The molecule has 2 aromatic carbocycles. The van der Waals surface area contributed by atoms with Gasteiger partial charge in [0.05, 0.1) is 25.4 Å². The van der Waals surface area contributed by atoms with E-state index in [9.17, 15) is 4.79 Å². The Kier molecular flexibility index (Phi) is 5.13. The van der Waals surface area contributed by atoms with Crippen LogP contribution in [-0.2, 0) is 16.1 Å². The predicted molar refractivity (Wildman–Crippen MR) is 103 cm³/mol. The third-order valence-corrected chi connectivity index (χ3v) is 5.55. The monoisotopic (exact) mass is 416 g/mol. The first-order valence-corrected chi connectivity index (χ1v) is 9.62. The van der Waals surface area contributed by atoms with Crippen molar-refractivity contribution in [2.75, 3.05) is 37.7 Å². The van der Waals surface area contributed by atoms with Gasteiger partial charge >= 0.3 is 0 Å². The topological polar surface area (TPSA) is 42.0 Å². The first-order chi connectivity index (χ1) is 12.7. The number of hydrogen-bond acceptors (Lipinski definition) is 4. The summed E-state index contributed by atoms with van der Waals surface area (Å²) in [6, 6.07) is 16.1. The van der Waals surface area contributed by atoms with Gasteiger partial charge in [0.1, 0.15) is 5.75 Å². The molecule has 1 atom stereocenters. The standard InChI is InChI=1S/C20H21BrN2O3/c21-16-6-2-1-5-15(16)13-23-14-19(20(24)22-9-11-25-12-10-22)26-18-8-4-3-7-17(18)23/h1-8,19H,9-14H2. The lowest BCUT2D eigenvalue weighted by atomic mass is 10.1. The fourth-order valence-electron chi connectivity index (χ4n) is 3.40. The Bertz CT molecular complexity index is 792. The summed E-state index contributed by atoms with van der Waals surface area (Å²) >= 11 is 3.62. The minimum atomic E-state index is -0.495. The molecule has 0 aliphatic carbocycles. The second-order valence-electron chi connectivity index (χ2n) is 6.48. The number of hydrogen-bond donors (Lipinski definition) is 0. The van der Waals surface area contributed by atoms with Gasteiger partial charge in [-0.3, -0.25) is 4.79 Å². The molecule has 4 rings (SSSR count). The summed E-state index contributed by atoms with van der Waals surface area (Å²) in [5.74, 6) is 0.803. The van der Waals surface area contributed by atoms with E-state index >= 15 is 0 Å². The lowest BCUT2D eigenvalue weighted by Gasteiger charge is -2.38. The molecule has 0 spiro atoms. The number of morpholine rings is 1. The summed E-state index contributed by atoms with van der Waals surface area (Å²) in [5, 5.41) is 0. The third-order valence-electron chi connectivity index (χ3n) is 4.78. The Hall–Kier alpha value is -2.05. The largest absolute Gasteiger partial charge is 0.477 e. The van der Waals surface area contributed by atoms with Crippen LogP contribution in [-0.4, -0.2) is 49.8 Å². The molecule has 1 amide bonds. The number of fused-ring (bicyclic) bond motifs is 1. The van der Waals surface area contributed by atoms with Crippen molar-refractivity contribution in [3.63, 3.8) is 0 Å². The number of anilines is 1. The van der Waals surface area contributed by atoms with Gasteiger partial charge < -0.3 is 19.3 Å². The molecule has 1 saturated heterocycles. The zero-order valence-electron chi connectivity index (χ0n) is 14.4. The van der Waals surface area contributed by atoms with Gasteiger partial charge in [0.15, 0.2) is 6.10 Å². The summed E-state index contributed by atoms with van der Waals surface area (Å²) in [7, 11) is 0. The van der Waals surface area contributed by atoms with Crippen LogP contribution in [0, 0.1) is 0 Å². The molecule has 0 N–H and O–H groups in total. The van der Waals surface area contributed by atoms with E-state index in [4.69, 9.17) is 9.47 Å². The van der Waals surface area contributed by atoms with Crippen molar-refractivity contribution in [3.05, 3.63) is 58.6 Å². The minimum Gasteiger partial charge on any atom is -0.477 e. The van der Waals surface area contributed by atoms with E-state index < -0.39 is 6.10 Å². The van der Waals surface area contributed by atoms with Gasteiger partial charge in [0.25, 0.3) is 5.91 Å². The molecule has 2 aliphatic rings. The Labute approximate surface area is 161 Å². The summed E-state index contributed by atoms with van der Waals surface area (Å²) in [6.07, 6.45) is -0.495. The molecule has 1 unspecified atom stereocenters. The Morgan fingerprint density at radius 3 is 2.62 bits per heavy atom. The van der Waals surface area contributed by atoms with Crippen molar-refractivity contribution in [2.24, 2.45) is 0 Å². The molecule has 136 valence electrons. The van der Waals surface area contributed by atoms with Crippen LogP contribution in [0.3, 0.4) is 0 Å². The molecule has 5 nitrogen and oxygen atoms in total. The molecule has 0 radical (unpaired) electrons. The number of para-hydroxylation sites is 2. The summed E-state index contributed by atoms with van der Waals surface area (Å²) in [5.41, 5.74) is 2.20. The molecule has 1 fully saturated rings. The smallest absolute Gasteiger partial charge is 0.265 e. The summed E-state index contributed by atoms with van der Waals surface area (Å²) in [4.78, 5) is 17.0. The maximum atomic E-state index is 12.9. The van der Waals surface area contributed by atoms with Crippen LogP contribution in [0.25, 0.3) is 0 Å². The number of benzene rings is 2. The minimum absolute atomic E-state index is 0.0416. The highest BCUT2D eigenvalue weighted by atomic mass is 79.9. The van der Waals surface area contributed by atoms with Crippen LogP contribution in [0.5, 0.6) is 5.75 Å². The highest BCUT2D eigenvalue weighted by Gasteiger charge is 2.34. The van der Waals surface area contributed by atoms with E-state index in [1.807, 2.05) is 47.4 Å². The second-order valence-corrected chi connectivity index (χ2v) is 7.34. The van der Waals surface area contributed by atoms with Gasteiger partial charge in [-0.05, 0) is 23.8 Å². The highest BCUT2D eigenvalue weighted by Crippen LogP contribution is 2.35. The third kappa shape index (κ3) is 3.57. The molecule has 0 saturated carbocycles. The zero-order valence-corrected chi connectivity index (χ0v) is 16.0. The molecule has 6 heteroatoms. The van der Waals surface area contributed by atoms with Crippen LogP contribution in [0.15, 0.2) is 53.0 Å². The van der Waals surface area contributed by atoms with Gasteiger partial charge in [0, 0.05) is 24.1 Å². The molecule has 0 bridgehead atoms. The first kappa shape index (κ1) is 17.4. The number of amides is 1. The second kappa shape index (κ2) is 7.68. The maximum Gasteiger partial charge on any atom is 0.265 e. The van der Waals surface area contributed by atoms with E-state index in [1.54, 1.807) is 0 Å². The molecular weight excluding hydrogens is 396 g/mol. The maximum absolute atomic E-state index is 12.9. The van der Waals surface area contributed by atoms with E-state index in [2.05, 4.69) is 26.9 Å².